The van der Waals surface area contributed by atoms with Crippen molar-refractivity contribution >= 4 is 34.9 Å². The van der Waals surface area contributed by atoms with Gasteiger partial charge < -0.3 is 5.32 Å². The summed E-state index contributed by atoms with van der Waals surface area (Å²) in [5.74, 6) is -0.534. The highest BCUT2D eigenvalue weighted by atomic mass is 32.2. The molecule has 4 rings (SSSR count). The summed E-state index contributed by atoms with van der Waals surface area (Å²) in [4.78, 5) is 38.4. The van der Waals surface area contributed by atoms with Crippen molar-refractivity contribution in [3.05, 3.63) is 77.0 Å². The Morgan fingerprint density at radius 1 is 1.06 bits per heavy atom. The Morgan fingerprint density at radius 3 is 2.55 bits per heavy atom. The van der Waals surface area contributed by atoms with Crippen molar-refractivity contribution in [1.29, 1.82) is 0 Å². The van der Waals surface area contributed by atoms with E-state index in [1.807, 2.05) is 54.6 Å². The molecule has 1 aromatic heterocycles. The van der Waals surface area contributed by atoms with Gasteiger partial charge in [0.05, 0.1) is 17.0 Å². The topological polar surface area (TPSA) is 110 Å². The molecule has 10 heteroatoms. The number of hydrogen-bond donors (Lipinski definition) is 1. The lowest BCUT2D eigenvalue weighted by molar-refractivity contribution is -0.124. The number of rotatable bonds is 7. The third kappa shape index (κ3) is 5.04. The summed E-state index contributed by atoms with van der Waals surface area (Å²) in [6, 6.07) is 16.6. The number of carbonyl (C=O) groups is 3. The highest BCUT2D eigenvalue weighted by molar-refractivity contribution is 8.18. The summed E-state index contributed by atoms with van der Waals surface area (Å²) in [5.41, 5.74) is 2.47. The molecule has 1 N–H and O–H groups in total. The summed E-state index contributed by atoms with van der Waals surface area (Å²) in [6.07, 6.45) is 3.37. The van der Waals surface area contributed by atoms with Crippen LogP contribution in [0.3, 0.4) is 0 Å². The van der Waals surface area contributed by atoms with Crippen LogP contribution in [0, 0.1) is 0 Å². The number of nitrogens with zero attached hydrogens (tertiary/aromatic N) is 5. The van der Waals surface area contributed by atoms with Crippen LogP contribution in [0.25, 0.3) is 11.8 Å². The Labute approximate surface area is 182 Å². The van der Waals surface area contributed by atoms with Crippen LogP contribution in [0.1, 0.15) is 11.1 Å². The van der Waals surface area contributed by atoms with Crippen molar-refractivity contribution in [3.63, 3.8) is 0 Å². The lowest BCUT2D eigenvalue weighted by Gasteiger charge is -2.13. The zero-order valence-corrected chi connectivity index (χ0v) is 17.2. The average Bonchev–Trinajstić information content (AvgIpc) is 3.40. The Morgan fingerprint density at radius 2 is 1.84 bits per heavy atom. The highest BCUT2D eigenvalue weighted by Gasteiger charge is 2.34. The molecule has 3 aromatic rings. The Bertz CT molecular complexity index is 1110. The van der Waals surface area contributed by atoms with Crippen molar-refractivity contribution in [1.82, 2.24) is 30.4 Å². The summed E-state index contributed by atoms with van der Waals surface area (Å²) in [6.45, 7) is 0.318. The second-order valence-corrected chi connectivity index (χ2v) is 7.68. The van der Waals surface area contributed by atoms with Crippen LogP contribution < -0.4 is 5.32 Å². The van der Waals surface area contributed by atoms with Crippen molar-refractivity contribution in [2.45, 2.75) is 6.42 Å². The third-order valence-electron chi connectivity index (χ3n) is 4.54. The Balaban J connectivity index is 1.27. The van der Waals surface area contributed by atoms with Gasteiger partial charge in [0, 0.05) is 13.1 Å². The first-order valence-electron chi connectivity index (χ1n) is 9.49. The predicted molar refractivity (Wildman–Crippen MR) is 115 cm³/mol. The predicted octanol–water partition coefficient (Wildman–Crippen LogP) is 2.06. The van der Waals surface area contributed by atoms with Gasteiger partial charge in [0.25, 0.3) is 11.1 Å². The van der Waals surface area contributed by atoms with Crippen molar-refractivity contribution < 1.29 is 14.4 Å². The Kier molecular flexibility index (Phi) is 6.18. The second kappa shape index (κ2) is 9.35. The average molecular weight is 434 g/mol. The number of thioether (sulfide) groups is 1. The zero-order chi connectivity index (χ0) is 21.6. The minimum absolute atomic E-state index is 0.126. The third-order valence-corrected chi connectivity index (χ3v) is 5.45. The fourth-order valence-electron chi connectivity index (χ4n) is 2.99. The molecule has 0 aliphatic carbocycles. The van der Waals surface area contributed by atoms with E-state index in [1.54, 1.807) is 6.08 Å². The fraction of sp³-hybridized carbons (Fsp3) is 0.143. The summed E-state index contributed by atoms with van der Waals surface area (Å²) < 4.78 is 1.52. The molecule has 3 amide bonds. The van der Waals surface area contributed by atoms with E-state index in [4.69, 9.17) is 0 Å². The molecule has 0 unspecified atom stereocenters. The van der Waals surface area contributed by atoms with Crippen molar-refractivity contribution in [3.8, 4) is 5.69 Å². The minimum Gasteiger partial charge on any atom is -0.354 e. The van der Waals surface area contributed by atoms with Gasteiger partial charge in [-0.25, -0.2) is 4.68 Å². The van der Waals surface area contributed by atoms with Gasteiger partial charge in [-0.05, 0) is 51.5 Å². The van der Waals surface area contributed by atoms with E-state index in [1.165, 1.54) is 11.0 Å². The van der Waals surface area contributed by atoms with Gasteiger partial charge in [-0.1, -0.05) is 42.5 Å². The normalized spacial score (nSPS) is 15.0. The molecular weight excluding hydrogens is 416 g/mol. The monoisotopic (exact) mass is 434 g/mol. The van der Waals surface area contributed by atoms with Gasteiger partial charge in [-0.15, -0.1) is 5.10 Å². The van der Waals surface area contributed by atoms with Crippen LogP contribution in [0.5, 0.6) is 0 Å². The molecule has 0 spiro atoms. The molecule has 0 bridgehead atoms. The lowest BCUT2D eigenvalue weighted by Crippen LogP contribution is -2.37. The van der Waals surface area contributed by atoms with E-state index >= 15 is 0 Å². The standard InChI is InChI=1S/C21H18N6O3S/c28-19(13-16-6-8-17(9-7-16)27-14-23-24-25-27)22-10-11-26-20(29)18(31-21(26)30)12-15-4-2-1-3-5-15/h1-9,12,14H,10-11,13H2,(H,22,28)/b18-12-. The zero-order valence-electron chi connectivity index (χ0n) is 16.3. The van der Waals surface area contributed by atoms with E-state index in [-0.39, 0.29) is 36.6 Å². The van der Waals surface area contributed by atoms with Gasteiger partial charge >= 0.3 is 0 Å². The maximum atomic E-state index is 12.5. The van der Waals surface area contributed by atoms with Crippen LogP contribution in [-0.2, 0) is 16.0 Å². The van der Waals surface area contributed by atoms with Crippen LogP contribution in [-0.4, -0.2) is 55.3 Å². The molecule has 156 valence electrons. The smallest absolute Gasteiger partial charge is 0.293 e. The number of benzene rings is 2. The van der Waals surface area contributed by atoms with E-state index < -0.39 is 0 Å². The lowest BCUT2D eigenvalue weighted by atomic mass is 10.1. The van der Waals surface area contributed by atoms with Gasteiger partial charge in [-0.3, -0.25) is 19.3 Å². The van der Waals surface area contributed by atoms with Crippen LogP contribution in [0.15, 0.2) is 65.8 Å². The van der Waals surface area contributed by atoms with Crippen LogP contribution in [0.2, 0.25) is 0 Å². The molecule has 31 heavy (non-hydrogen) atoms. The maximum absolute atomic E-state index is 12.5. The minimum atomic E-state index is -0.341. The number of amides is 3. The number of imide groups is 1. The molecule has 9 nitrogen and oxygen atoms in total. The largest absolute Gasteiger partial charge is 0.354 e. The van der Waals surface area contributed by atoms with Gasteiger partial charge in [-0.2, -0.15) is 0 Å². The van der Waals surface area contributed by atoms with E-state index in [0.717, 1.165) is 33.5 Å². The van der Waals surface area contributed by atoms with E-state index in [2.05, 4.69) is 20.8 Å². The first-order chi connectivity index (χ1) is 15.1. The molecule has 1 aliphatic heterocycles. The highest BCUT2D eigenvalue weighted by Crippen LogP contribution is 2.31. The quantitative estimate of drug-likeness (QED) is 0.567. The molecule has 1 fully saturated rings. The van der Waals surface area contributed by atoms with Crippen molar-refractivity contribution in [2.75, 3.05) is 13.1 Å². The fourth-order valence-corrected chi connectivity index (χ4v) is 3.86. The SMILES string of the molecule is O=C(Cc1ccc(-n2cnnn2)cc1)NCCN1C(=O)S/C(=C\c2ccccc2)C1=O. The summed E-state index contributed by atoms with van der Waals surface area (Å²) in [5, 5.41) is 13.4. The summed E-state index contributed by atoms with van der Waals surface area (Å²) >= 11 is 0.908. The van der Waals surface area contributed by atoms with E-state index in [9.17, 15) is 14.4 Å². The van der Waals surface area contributed by atoms with E-state index in [0.29, 0.717) is 4.91 Å². The van der Waals surface area contributed by atoms with Gasteiger partial charge in [0.15, 0.2) is 0 Å². The molecule has 2 heterocycles. The summed E-state index contributed by atoms with van der Waals surface area (Å²) in [7, 11) is 0. The van der Waals surface area contributed by atoms with Crippen LogP contribution in [0.4, 0.5) is 4.79 Å². The first-order valence-corrected chi connectivity index (χ1v) is 10.3. The number of nitrogens with one attached hydrogen (secondary N) is 1. The molecule has 0 atom stereocenters. The van der Waals surface area contributed by atoms with Crippen LogP contribution >= 0.6 is 11.8 Å². The van der Waals surface area contributed by atoms with Gasteiger partial charge in [0.1, 0.15) is 6.33 Å². The molecule has 2 aromatic carbocycles. The molecular formula is C21H18N6O3S. The van der Waals surface area contributed by atoms with Gasteiger partial charge in [0.2, 0.25) is 5.91 Å². The number of aromatic nitrogens is 4. The number of carbonyl (C=O) groups excluding carboxylic acids is 3. The molecule has 0 saturated carbocycles. The number of hydrogen-bond acceptors (Lipinski definition) is 7. The maximum Gasteiger partial charge on any atom is 0.293 e. The first kappa shape index (κ1) is 20.5. The second-order valence-electron chi connectivity index (χ2n) is 6.69. The molecule has 0 radical (unpaired) electrons. The molecule has 1 aliphatic rings. The molecule has 1 saturated heterocycles. The Hall–Kier alpha value is -3.79. The number of tetrazole rings is 1. The van der Waals surface area contributed by atoms with Crippen molar-refractivity contribution in [2.24, 2.45) is 0 Å².